The number of ether oxygens (including phenoxy) is 1. The van der Waals surface area contributed by atoms with Crippen molar-refractivity contribution in [3.63, 3.8) is 0 Å². The van der Waals surface area contributed by atoms with Crippen molar-refractivity contribution < 1.29 is 9.53 Å². The quantitative estimate of drug-likeness (QED) is 0.359. The third-order valence-electron chi connectivity index (χ3n) is 0.938. The first-order valence-electron chi connectivity index (χ1n) is 2.59. The van der Waals surface area contributed by atoms with E-state index in [-0.39, 0.29) is 18.0 Å². The number of rotatable bonds is 3. The molecule has 0 aromatic heterocycles. The van der Waals surface area contributed by atoms with Crippen molar-refractivity contribution in [2.75, 3.05) is 13.1 Å². The van der Waals surface area contributed by atoms with Crippen molar-refractivity contribution in [1.82, 2.24) is 5.32 Å². The van der Waals surface area contributed by atoms with Crippen LogP contribution in [-0.2, 0) is 9.53 Å². The van der Waals surface area contributed by atoms with Gasteiger partial charge in [0.15, 0.2) is 0 Å². The molecule has 9 heavy (non-hydrogen) atoms. The molecule has 4 heteroatoms. The lowest BCUT2D eigenvalue weighted by molar-refractivity contribution is -0.142. The Hall–Kier alpha value is -0.280. The lowest BCUT2D eigenvalue weighted by Gasteiger charge is -2.06. The minimum Gasteiger partial charge on any atom is -0.468 e. The first kappa shape index (κ1) is 8.72. The summed E-state index contributed by atoms with van der Waals surface area (Å²) in [7, 11) is 1.34. The second-order valence-electron chi connectivity index (χ2n) is 1.58. The van der Waals surface area contributed by atoms with Crippen molar-refractivity contribution in [3.8, 4) is 0 Å². The SMILES string of the molecule is COC(=O)[C@H](C)NCCl. The van der Waals surface area contributed by atoms with Gasteiger partial charge in [-0.15, -0.1) is 11.6 Å². The number of carbonyl (C=O) groups is 1. The number of methoxy groups -OCH3 is 1. The zero-order chi connectivity index (χ0) is 7.28. The van der Waals surface area contributed by atoms with Crippen LogP contribution in [0.25, 0.3) is 0 Å². The Labute approximate surface area is 59.3 Å². The second kappa shape index (κ2) is 4.58. The maximum absolute atomic E-state index is 10.6. The third-order valence-corrected chi connectivity index (χ3v) is 1.09. The van der Waals surface area contributed by atoms with E-state index in [4.69, 9.17) is 11.6 Å². The summed E-state index contributed by atoms with van der Waals surface area (Å²) in [4.78, 5) is 10.6. The molecule has 3 nitrogen and oxygen atoms in total. The summed E-state index contributed by atoms with van der Waals surface area (Å²) >= 11 is 5.28. The van der Waals surface area contributed by atoms with Gasteiger partial charge in [0, 0.05) is 0 Å². The molecular formula is C5H10ClNO2. The Morgan fingerprint density at radius 1 is 1.89 bits per heavy atom. The normalized spacial score (nSPS) is 12.8. The van der Waals surface area contributed by atoms with Crippen molar-refractivity contribution in [2.24, 2.45) is 0 Å². The van der Waals surface area contributed by atoms with Gasteiger partial charge in [0.1, 0.15) is 6.04 Å². The standard InChI is InChI=1S/C5H10ClNO2/c1-4(7-3-6)5(8)9-2/h4,7H,3H2,1-2H3/t4-/m0/s1. The Morgan fingerprint density at radius 3 is 2.78 bits per heavy atom. The second-order valence-corrected chi connectivity index (χ2v) is 1.85. The average molecular weight is 152 g/mol. The van der Waals surface area contributed by atoms with Gasteiger partial charge in [0.2, 0.25) is 0 Å². The zero-order valence-corrected chi connectivity index (χ0v) is 6.23. The van der Waals surface area contributed by atoms with E-state index < -0.39 is 0 Å². The van der Waals surface area contributed by atoms with Crippen LogP contribution < -0.4 is 5.32 Å². The smallest absolute Gasteiger partial charge is 0.322 e. The largest absolute Gasteiger partial charge is 0.468 e. The number of hydrogen-bond acceptors (Lipinski definition) is 3. The van der Waals surface area contributed by atoms with Gasteiger partial charge in [-0.2, -0.15) is 0 Å². The van der Waals surface area contributed by atoms with Gasteiger partial charge in [-0.3, -0.25) is 10.1 Å². The van der Waals surface area contributed by atoms with E-state index in [1.165, 1.54) is 7.11 Å². The summed E-state index contributed by atoms with van der Waals surface area (Å²) in [6.45, 7) is 1.69. The fourth-order valence-electron chi connectivity index (χ4n) is 0.376. The van der Waals surface area contributed by atoms with Crippen LogP contribution in [0.1, 0.15) is 6.92 Å². The predicted octanol–water partition coefficient (Wildman–Crippen LogP) is 0.334. The molecule has 0 aromatic carbocycles. The van der Waals surface area contributed by atoms with E-state index in [0.717, 1.165) is 0 Å². The predicted molar refractivity (Wildman–Crippen MR) is 35.3 cm³/mol. The highest BCUT2D eigenvalue weighted by molar-refractivity contribution is 6.17. The highest BCUT2D eigenvalue weighted by Crippen LogP contribution is 1.84. The lowest BCUT2D eigenvalue weighted by Crippen LogP contribution is -2.33. The van der Waals surface area contributed by atoms with Crippen LogP contribution in [0, 0.1) is 0 Å². The summed E-state index contributed by atoms with van der Waals surface area (Å²) < 4.78 is 4.40. The van der Waals surface area contributed by atoms with Gasteiger partial charge in [0.05, 0.1) is 13.1 Å². The Bertz CT molecular complexity index is 97.0. The molecule has 0 spiro atoms. The number of carbonyl (C=O) groups excluding carboxylic acids is 1. The number of hydrogen-bond donors (Lipinski definition) is 1. The van der Waals surface area contributed by atoms with E-state index >= 15 is 0 Å². The van der Waals surface area contributed by atoms with Gasteiger partial charge in [-0.1, -0.05) is 0 Å². The fraction of sp³-hybridized carbons (Fsp3) is 0.800. The van der Waals surface area contributed by atoms with Gasteiger partial charge < -0.3 is 4.74 Å². The monoisotopic (exact) mass is 151 g/mol. The van der Waals surface area contributed by atoms with Crippen LogP contribution in [0.2, 0.25) is 0 Å². The Balaban J connectivity index is 3.45. The average Bonchev–Trinajstić information content (AvgIpc) is 1.87. The molecule has 0 aromatic rings. The molecule has 0 heterocycles. The molecule has 0 saturated heterocycles. The molecule has 0 unspecified atom stereocenters. The van der Waals surface area contributed by atoms with Gasteiger partial charge >= 0.3 is 5.97 Å². The van der Waals surface area contributed by atoms with Crippen LogP contribution in [0.15, 0.2) is 0 Å². The van der Waals surface area contributed by atoms with Gasteiger partial charge in [0.25, 0.3) is 0 Å². The summed E-state index contributed by atoms with van der Waals surface area (Å²) in [6, 6.07) is -0.0523. The Morgan fingerprint density at radius 2 is 2.44 bits per heavy atom. The molecule has 0 radical (unpaired) electrons. The van der Waals surface area contributed by atoms with Crippen LogP contribution in [-0.4, -0.2) is 25.1 Å². The zero-order valence-electron chi connectivity index (χ0n) is 5.48. The number of halogens is 1. The van der Waals surface area contributed by atoms with Crippen LogP contribution in [0.4, 0.5) is 0 Å². The van der Waals surface area contributed by atoms with Crippen molar-refractivity contribution in [1.29, 1.82) is 0 Å². The molecule has 0 aliphatic carbocycles. The Kier molecular flexibility index (Phi) is 4.44. The maximum Gasteiger partial charge on any atom is 0.322 e. The fourth-order valence-corrected chi connectivity index (χ4v) is 0.607. The summed E-state index contributed by atoms with van der Waals surface area (Å²) in [5.41, 5.74) is 0. The summed E-state index contributed by atoms with van der Waals surface area (Å²) in [5.74, 6) is -0.296. The highest BCUT2D eigenvalue weighted by atomic mass is 35.5. The highest BCUT2D eigenvalue weighted by Gasteiger charge is 2.09. The summed E-state index contributed by atoms with van der Waals surface area (Å²) in [5, 5.41) is 2.69. The number of alkyl halides is 1. The van der Waals surface area contributed by atoms with Gasteiger partial charge in [-0.25, -0.2) is 0 Å². The van der Waals surface area contributed by atoms with Crippen molar-refractivity contribution >= 4 is 17.6 Å². The topological polar surface area (TPSA) is 38.3 Å². The van der Waals surface area contributed by atoms with E-state index in [9.17, 15) is 4.79 Å². The molecule has 0 fully saturated rings. The van der Waals surface area contributed by atoms with E-state index in [0.29, 0.717) is 0 Å². The molecule has 1 N–H and O–H groups in total. The molecular weight excluding hydrogens is 142 g/mol. The minimum absolute atomic E-state index is 0.260. The molecule has 54 valence electrons. The van der Waals surface area contributed by atoms with E-state index in [1.807, 2.05) is 0 Å². The maximum atomic E-state index is 10.6. The molecule has 1 atom stereocenters. The first-order valence-corrected chi connectivity index (χ1v) is 3.13. The van der Waals surface area contributed by atoms with Crippen LogP contribution in [0.5, 0.6) is 0 Å². The molecule has 0 rings (SSSR count). The van der Waals surface area contributed by atoms with Crippen LogP contribution in [0.3, 0.4) is 0 Å². The first-order chi connectivity index (χ1) is 4.22. The molecule has 0 aliphatic heterocycles. The van der Waals surface area contributed by atoms with E-state index in [1.54, 1.807) is 6.92 Å². The lowest BCUT2D eigenvalue weighted by atomic mass is 10.4. The molecule has 0 amide bonds. The minimum atomic E-state index is -0.313. The third kappa shape index (κ3) is 3.32. The summed E-state index contributed by atoms with van der Waals surface area (Å²) in [6.07, 6.45) is 0. The molecule has 0 aliphatic rings. The van der Waals surface area contributed by atoms with E-state index in [2.05, 4.69) is 10.1 Å². The van der Waals surface area contributed by atoms with Crippen LogP contribution >= 0.6 is 11.6 Å². The van der Waals surface area contributed by atoms with Crippen molar-refractivity contribution in [3.05, 3.63) is 0 Å². The van der Waals surface area contributed by atoms with Crippen molar-refractivity contribution in [2.45, 2.75) is 13.0 Å². The number of esters is 1. The molecule has 0 bridgehead atoms. The van der Waals surface area contributed by atoms with Gasteiger partial charge in [-0.05, 0) is 6.92 Å². The molecule has 0 saturated carbocycles. The number of nitrogens with one attached hydrogen (secondary N) is 1.